The summed E-state index contributed by atoms with van der Waals surface area (Å²) in [7, 11) is 0. The van der Waals surface area contributed by atoms with Crippen LogP contribution in [0.15, 0.2) is 0 Å². The van der Waals surface area contributed by atoms with E-state index >= 15 is 0 Å². The first kappa shape index (κ1) is 14.6. The summed E-state index contributed by atoms with van der Waals surface area (Å²) in [6.45, 7) is 8.70. The van der Waals surface area contributed by atoms with Crippen molar-refractivity contribution in [2.45, 2.75) is 39.9 Å². The van der Waals surface area contributed by atoms with Gasteiger partial charge in [-0.25, -0.2) is 9.97 Å². The summed E-state index contributed by atoms with van der Waals surface area (Å²) in [5.41, 5.74) is 7.29. The van der Waals surface area contributed by atoms with Crippen LogP contribution in [0.1, 0.15) is 36.5 Å². The molecule has 0 spiro atoms. The predicted octanol–water partition coefficient (Wildman–Crippen LogP) is 4.17. The number of nitrogens with two attached hydrogens (primary N) is 1. The van der Waals surface area contributed by atoms with E-state index in [-0.39, 0.29) is 0 Å². The van der Waals surface area contributed by atoms with Gasteiger partial charge in [-0.05, 0) is 31.1 Å². The normalized spacial score (nSPS) is 13.1. The lowest BCUT2D eigenvalue weighted by molar-refractivity contribution is 0.636. The molecule has 2 aromatic heterocycles. The summed E-state index contributed by atoms with van der Waals surface area (Å²) in [5, 5.41) is 1.04. The van der Waals surface area contributed by atoms with Crippen LogP contribution in [-0.4, -0.2) is 15.7 Å². The molecule has 2 aromatic rings. The summed E-state index contributed by atoms with van der Waals surface area (Å²) in [4.78, 5) is 11.4. The molecule has 104 valence electrons. The van der Waals surface area contributed by atoms with Gasteiger partial charge >= 0.3 is 0 Å². The Morgan fingerprint density at radius 3 is 2.74 bits per heavy atom. The van der Waals surface area contributed by atoms with Crippen molar-refractivity contribution < 1.29 is 0 Å². The van der Waals surface area contributed by atoms with Crippen LogP contribution in [0.3, 0.4) is 0 Å². The Bertz CT molecular complexity index is 578. The standard InChI is InChI=1S/C14H21N3S2/c1-5-8(2)6-18-7-11-16-13(15)12-9(3)10(4)19-14(12)17-11/h8H,5-7H2,1-4H3,(H2,15,16,17). The first-order valence-corrected chi connectivity index (χ1v) is 8.59. The third-order valence-corrected chi connectivity index (χ3v) is 5.80. The summed E-state index contributed by atoms with van der Waals surface area (Å²) in [5.74, 6) is 4.24. The fourth-order valence-corrected chi connectivity index (χ4v) is 3.98. The maximum Gasteiger partial charge on any atom is 0.142 e. The first-order chi connectivity index (χ1) is 9.02. The predicted molar refractivity (Wildman–Crippen MR) is 86.9 cm³/mol. The lowest BCUT2D eigenvalue weighted by Crippen LogP contribution is -2.01. The Morgan fingerprint density at radius 1 is 1.32 bits per heavy atom. The van der Waals surface area contributed by atoms with Crippen molar-refractivity contribution in [3.8, 4) is 0 Å². The molecule has 2 N–H and O–H groups in total. The molecule has 2 heterocycles. The minimum absolute atomic E-state index is 0.631. The maximum atomic E-state index is 6.08. The van der Waals surface area contributed by atoms with E-state index in [2.05, 4.69) is 37.7 Å². The topological polar surface area (TPSA) is 51.8 Å². The first-order valence-electron chi connectivity index (χ1n) is 6.62. The number of thioether (sulfide) groups is 1. The molecule has 1 unspecified atom stereocenters. The quantitative estimate of drug-likeness (QED) is 0.899. The van der Waals surface area contributed by atoms with Crippen molar-refractivity contribution in [2.24, 2.45) is 5.92 Å². The molecule has 0 saturated heterocycles. The molecule has 0 aliphatic heterocycles. The van der Waals surface area contributed by atoms with Gasteiger partial charge in [0.2, 0.25) is 0 Å². The second kappa shape index (κ2) is 6.09. The SMILES string of the molecule is CCC(C)CSCc1nc(N)c2c(C)c(C)sc2n1. The summed E-state index contributed by atoms with van der Waals surface area (Å²) < 4.78 is 0. The zero-order chi connectivity index (χ0) is 14.0. The number of nitrogens with zero attached hydrogens (tertiary/aromatic N) is 2. The van der Waals surface area contributed by atoms with E-state index < -0.39 is 0 Å². The molecule has 0 aliphatic rings. The van der Waals surface area contributed by atoms with Crippen molar-refractivity contribution in [2.75, 3.05) is 11.5 Å². The minimum atomic E-state index is 0.631. The van der Waals surface area contributed by atoms with Gasteiger partial charge in [0.15, 0.2) is 0 Å². The smallest absolute Gasteiger partial charge is 0.142 e. The molecule has 0 bridgehead atoms. The summed E-state index contributed by atoms with van der Waals surface area (Å²) >= 11 is 3.60. The third-order valence-electron chi connectivity index (χ3n) is 3.43. The third kappa shape index (κ3) is 3.20. The maximum absolute atomic E-state index is 6.08. The number of thiophene rings is 1. The second-order valence-electron chi connectivity index (χ2n) is 5.02. The van der Waals surface area contributed by atoms with Crippen molar-refractivity contribution in [3.63, 3.8) is 0 Å². The highest BCUT2D eigenvalue weighted by atomic mass is 32.2. The van der Waals surface area contributed by atoms with Crippen molar-refractivity contribution in [1.82, 2.24) is 9.97 Å². The molecular formula is C14H21N3S2. The van der Waals surface area contributed by atoms with Gasteiger partial charge in [-0.3, -0.25) is 0 Å². The van der Waals surface area contributed by atoms with Gasteiger partial charge in [0.25, 0.3) is 0 Å². The molecule has 1 atom stereocenters. The van der Waals surface area contributed by atoms with Crippen LogP contribution in [0.5, 0.6) is 0 Å². The van der Waals surface area contributed by atoms with Crippen LogP contribution in [-0.2, 0) is 5.75 Å². The Kier molecular flexibility index (Phi) is 4.68. The summed E-state index contributed by atoms with van der Waals surface area (Å²) in [6.07, 6.45) is 1.22. The molecule has 19 heavy (non-hydrogen) atoms. The Morgan fingerprint density at radius 2 is 2.05 bits per heavy atom. The number of nitrogen functional groups attached to an aromatic ring is 1. The molecule has 0 radical (unpaired) electrons. The molecule has 0 saturated carbocycles. The fourth-order valence-electron chi connectivity index (χ4n) is 1.86. The minimum Gasteiger partial charge on any atom is -0.383 e. The van der Waals surface area contributed by atoms with Crippen molar-refractivity contribution in [3.05, 3.63) is 16.3 Å². The van der Waals surface area contributed by atoms with E-state index in [1.54, 1.807) is 11.3 Å². The van der Waals surface area contributed by atoms with Gasteiger partial charge < -0.3 is 5.73 Å². The Hall–Kier alpha value is -0.810. The molecule has 0 aliphatic carbocycles. The van der Waals surface area contributed by atoms with E-state index in [0.29, 0.717) is 5.82 Å². The average molecular weight is 295 g/mol. The van der Waals surface area contributed by atoms with Gasteiger partial charge in [0.05, 0.1) is 11.1 Å². The molecule has 2 rings (SSSR count). The average Bonchev–Trinajstić information content (AvgIpc) is 2.65. The van der Waals surface area contributed by atoms with Crippen LogP contribution < -0.4 is 5.73 Å². The van der Waals surface area contributed by atoms with E-state index in [4.69, 9.17) is 5.73 Å². The van der Waals surface area contributed by atoms with Gasteiger partial charge in [0.1, 0.15) is 16.5 Å². The lowest BCUT2D eigenvalue weighted by atomic mass is 10.2. The number of rotatable bonds is 5. The Labute approximate surface area is 123 Å². The fraction of sp³-hybridized carbons (Fsp3) is 0.571. The summed E-state index contributed by atoms with van der Waals surface area (Å²) in [6, 6.07) is 0. The van der Waals surface area contributed by atoms with Crippen molar-refractivity contribution >= 4 is 39.1 Å². The van der Waals surface area contributed by atoms with Gasteiger partial charge in [-0.1, -0.05) is 20.3 Å². The van der Waals surface area contributed by atoms with Gasteiger partial charge in [-0.2, -0.15) is 11.8 Å². The van der Waals surface area contributed by atoms with Crippen molar-refractivity contribution in [1.29, 1.82) is 0 Å². The Balaban J connectivity index is 2.17. The molecular weight excluding hydrogens is 274 g/mol. The van der Waals surface area contributed by atoms with Crippen LogP contribution in [0.25, 0.3) is 10.2 Å². The number of anilines is 1. The van der Waals surface area contributed by atoms with E-state index in [1.165, 1.54) is 16.9 Å². The largest absolute Gasteiger partial charge is 0.383 e. The number of fused-ring (bicyclic) bond motifs is 1. The van der Waals surface area contributed by atoms with Crippen LogP contribution in [0.2, 0.25) is 0 Å². The van der Waals surface area contributed by atoms with Crippen LogP contribution in [0, 0.1) is 19.8 Å². The second-order valence-corrected chi connectivity index (χ2v) is 7.25. The van der Waals surface area contributed by atoms with Gasteiger partial charge in [-0.15, -0.1) is 11.3 Å². The highest BCUT2D eigenvalue weighted by molar-refractivity contribution is 7.98. The molecule has 0 amide bonds. The molecule has 5 heteroatoms. The lowest BCUT2D eigenvalue weighted by Gasteiger charge is -2.07. The van der Waals surface area contributed by atoms with E-state index in [9.17, 15) is 0 Å². The molecule has 0 fully saturated rings. The number of aryl methyl sites for hydroxylation is 2. The van der Waals surface area contributed by atoms with E-state index in [1.807, 2.05) is 11.8 Å². The molecule has 0 aromatic carbocycles. The zero-order valence-electron chi connectivity index (χ0n) is 12.0. The number of aromatic nitrogens is 2. The van der Waals surface area contributed by atoms with Crippen LogP contribution >= 0.6 is 23.1 Å². The zero-order valence-corrected chi connectivity index (χ0v) is 13.6. The van der Waals surface area contributed by atoms with Gasteiger partial charge in [0, 0.05) is 4.88 Å². The number of hydrogen-bond donors (Lipinski definition) is 1. The molecule has 3 nitrogen and oxygen atoms in total. The van der Waals surface area contributed by atoms with E-state index in [0.717, 1.165) is 33.5 Å². The highest BCUT2D eigenvalue weighted by Crippen LogP contribution is 2.32. The number of hydrogen-bond acceptors (Lipinski definition) is 5. The van der Waals surface area contributed by atoms with Crippen LogP contribution in [0.4, 0.5) is 5.82 Å². The monoisotopic (exact) mass is 295 g/mol. The highest BCUT2D eigenvalue weighted by Gasteiger charge is 2.12.